The van der Waals surface area contributed by atoms with Crippen LogP contribution in [-0.4, -0.2) is 97.9 Å². The van der Waals surface area contributed by atoms with Gasteiger partial charge in [0.25, 0.3) is 5.60 Å². The number of Topliss-reactive ketones (excluding diaryl/α,β-unsaturated/α-hetero) is 1. The summed E-state index contributed by atoms with van der Waals surface area (Å²) in [6.45, 7) is 7.26. The van der Waals surface area contributed by atoms with Gasteiger partial charge in [-0.2, -0.15) is 4.98 Å². The zero-order valence-electron chi connectivity index (χ0n) is 73.5. The number of methoxy groups -OCH3 is 3. The molecule has 2 heterocycles. The van der Waals surface area contributed by atoms with Gasteiger partial charge in [-0.05, 0) is 78.4 Å². The summed E-state index contributed by atoms with van der Waals surface area (Å²) in [7, 11) is 4.48. The van der Waals surface area contributed by atoms with Crippen LogP contribution in [0.15, 0.2) is 138 Å². The first kappa shape index (κ1) is 97.4. The van der Waals surface area contributed by atoms with Gasteiger partial charge >= 0.3 is 17.6 Å². The zero-order valence-corrected chi connectivity index (χ0v) is 73.5. The van der Waals surface area contributed by atoms with Crippen LogP contribution >= 0.6 is 0 Å². The lowest BCUT2D eigenvalue weighted by Gasteiger charge is -2.40. The van der Waals surface area contributed by atoms with Crippen molar-refractivity contribution in [2.24, 2.45) is 5.92 Å². The molecule has 7 rings (SSSR count). The molecule has 0 radical (unpaired) electrons. The fourth-order valence-corrected chi connectivity index (χ4v) is 16.9. The molecule has 1 aromatic heterocycles. The highest BCUT2D eigenvalue weighted by Gasteiger charge is 2.67. The number of rotatable bonds is 70. The molecule has 1 saturated heterocycles. The van der Waals surface area contributed by atoms with Crippen LogP contribution in [0.1, 0.15) is 373 Å². The van der Waals surface area contributed by atoms with Crippen LogP contribution in [0.3, 0.4) is 0 Å². The number of anilines is 1. The number of hydrogen-bond donors (Lipinski definition) is 2. The number of benzene rings is 5. The average molecular weight is 1630 g/mol. The molecule has 1 fully saturated rings. The standard InChI is InChI=1S/C101H151N3O14/c1-7-10-13-16-19-22-25-28-31-34-37-40-43-46-49-58-75-113-88-78-82(79-89(114-76-59-50-47-44-41-38-35-32-29-26-23-20-17-14-11-8-2)93(88)115-77-60-51-48-45-42-39-36-33-30-27-24-21-18-15-12-9-3)97(106)118-101(98(107)108,95(105)81-61-54-52-55-62-81)92-90(117-96(94(92)112-6)104-74-73-91(102)103-99(104)109)80-116-100(83-63-56-53-57-64-83,84-65-69-86(110-4)70-66-84)85-67-71-87(111-5)72-68-85/h52-57,61-74,78-79,90,92,94,96H,7-51,58-60,75-77,80H2,1-6H3,(H,107,108)(H2,102,103,109)/t90-,92+,94-,96-,101?/m1/s1. The van der Waals surface area contributed by atoms with Crippen molar-refractivity contribution in [3.8, 4) is 28.7 Å². The van der Waals surface area contributed by atoms with E-state index in [-0.39, 0.29) is 28.4 Å². The fourth-order valence-electron chi connectivity index (χ4n) is 16.9. The molecule has 0 bridgehead atoms. The van der Waals surface area contributed by atoms with E-state index in [1.165, 1.54) is 275 Å². The lowest BCUT2D eigenvalue weighted by Crippen LogP contribution is -2.62. The minimum absolute atomic E-state index is 0.0808. The number of hydrogen-bond acceptors (Lipinski definition) is 15. The lowest BCUT2D eigenvalue weighted by atomic mass is 9.75. The van der Waals surface area contributed by atoms with E-state index in [1.807, 2.05) is 78.9 Å². The molecular weight excluding hydrogens is 1480 g/mol. The number of carbonyl (C=O) groups is 3. The van der Waals surface area contributed by atoms with Gasteiger partial charge in [0.15, 0.2) is 17.7 Å². The van der Waals surface area contributed by atoms with Crippen molar-refractivity contribution < 1.29 is 62.1 Å². The molecule has 1 aliphatic rings. The van der Waals surface area contributed by atoms with E-state index in [4.69, 9.17) is 48.4 Å². The van der Waals surface area contributed by atoms with E-state index in [9.17, 15) is 9.90 Å². The monoisotopic (exact) mass is 1630 g/mol. The van der Waals surface area contributed by atoms with E-state index in [0.29, 0.717) is 53.8 Å². The van der Waals surface area contributed by atoms with E-state index >= 15 is 14.4 Å². The number of aliphatic carboxylic acids is 1. The normalized spacial score (nSPS) is 15.2. The molecule has 1 unspecified atom stereocenters. The largest absolute Gasteiger partial charge is 0.497 e. The number of nitrogens with zero attached hydrogens (tertiary/aromatic N) is 2. The Morgan fingerprint density at radius 3 is 1.14 bits per heavy atom. The quantitative estimate of drug-likeness (QED) is 0.0119. The molecule has 0 spiro atoms. The van der Waals surface area contributed by atoms with Crippen molar-refractivity contribution in [2.75, 3.05) is 53.5 Å². The summed E-state index contributed by atoms with van der Waals surface area (Å²) < 4.78 is 60.6. The van der Waals surface area contributed by atoms with Crippen LogP contribution in [0.4, 0.5) is 5.82 Å². The molecule has 17 heteroatoms. The molecule has 17 nitrogen and oxygen atoms in total. The third-order valence-corrected chi connectivity index (χ3v) is 23.8. The SMILES string of the molecule is CCCCCCCCCCCCCCCCCCOc1cc(C(=O)OC(C(=O)O)(C(=O)c2ccccc2)[C@@H]2[C@@H](OC)[C@H](n3ccc(N)nc3=O)O[C@@H]2COC(c2ccccc2)(c2ccc(OC)cc2)c2ccc(OC)cc2)cc(OCCCCCCCCCCCCCCCCCC)c1OCCCCCCCCCCCCCCCCCC. The second-order valence-electron chi connectivity index (χ2n) is 33.0. The number of esters is 1. The maximum absolute atomic E-state index is 16.3. The second-order valence-corrected chi connectivity index (χ2v) is 33.0. The van der Waals surface area contributed by atoms with E-state index in [1.54, 1.807) is 32.4 Å². The van der Waals surface area contributed by atoms with Gasteiger partial charge < -0.3 is 53.5 Å². The summed E-state index contributed by atoms with van der Waals surface area (Å²) in [6, 6.07) is 36.6. The highest BCUT2D eigenvalue weighted by Crippen LogP contribution is 2.49. The Labute approximate surface area is 710 Å². The number of aromatic nitrogens is 2. The summed E-state index contributed by atoms with van der Waals surface area (Å²) >= 11 is 0. The van der Waals surface area contributed by atoms with E-state index < -0.39 is 65.6 Å². The maximum atomic E-state index is 16.3. The average Bonchev–Trinajstić information content (AvgIpc) is 1.51. The minimum atomic E-state index is -3.21. The summed E-state index contributed by atoms with van der Waals surface area (Å²) in [6.07, 6.45) is 55.6. The number of unbranched alkanes of at least 4 members (excludes halogenated alkanes) is 45. The summed E-state index contributed by atoms with van der Waals surface area (Å²) in [5.74, 6) is -4.03. The van der Waals surface area contributed by atoms with Gasteiger partial charge in [-0.15, -0.1) is 0 Å². The fraction of sp³-hybridized carbons (Fsp3) is 0.634. The van der Waals surface area contributed by atoms with Crippen molar-refractivity contribution in [1.82, 2.24) is 9.55 Å². The van der Waals surface area contributed by atoms with Gasteiger partial charge in [-0.3, -0.25) is 9.36 Å². The molecule has 0 amide bonds. The Kier molecular flexibility index (Phi) is 48.1. The minimum Gasteiger partial charge on any atom is -0.497 e. The number of carbonyl (C=O) groups excluding carboxylic acids is 2. The van der Waals surface area contributed by atoms with Crippen molar-refractivity contribution in [2.45, 2.75) is 359 Å². The Balaban J connectivity index is 1.22. The molecule has 5 atom stereocenters. The molecule has 118 heavy (non-hydrogen) atoms. The molecule has 5 aromatic carbocycles. The molecular formula is C101H151N3O14. The van der Waals surface area contributed by atoms with Gasteiger partial charge in [0.1, 0.15) is 29.0 Å². The Hall–Kier alpha value is -7.73. The van der Waals surface area contributed by atoms with Gasteiger partial charge in [-0.1, -0.05) is 395 Å². The number of nitrogens with two attached hydrogens (primary N) is 1. The third-order valence-electron chi connectivity index (χ3n) is 23.8. The third kappa shape index (κ3) is 32.7. The summed E-state index contributed by atoms with van der Waals surface area (Å²) in [5, 5.41) is 12.5. The Morgan fingerprint density at radius 2 is 0.788 bits per heavy atom. The lowest BCUT2D eigenvalue weighted by molar-refractivity contribution is -0.167. The van der Waals surface area contributed by atoms with Crippen molar-refractivity contribution in [3.05, 3.63) is 172 Å². The predicted molar refractivity (Wildman–Crippen MR) is 477 cm³/mol. The first-order valence-corrected chi connectivity index (χ1v) is 46.5. The summed E-state index contributed by atoms with van der Waals surface area (Å²) in [5.41, 5.74) is 2.20. The van der Waals surface area contributed by atoms with Gasteiger partial charge in [-0.25, -0.2) is 14.4 Å². The maximum Gasteiger partial charge on any atom is 0.357 e. The number of carboxylic acid groups (broad SMARTS) is 1. The highest BCUT2D eigenvalue weighted by atomic mass is 16.6. The van der Waals surface area contributed by atoms with Gasteiger partial charge in [0.05, 0.1) is 58.2 Å². The van der Waals surface area contributed by atoms with Crippen LogP contribution in [-0.2, 0) is 29.3 Å². The molecule has 1 aliphatic heterocycles. The molecule has 0 saturated carbocycles. The van der Waals surface area contributed by atoms with Crippen LogP contribution in [0.5, 0.6) is 28.7 Å². The van der Waals surface area contributed by atoms with Gasteiger partial charge in [0, 0.05) is 18.9 Å². The Morgan fingerprint density at radius 1 is 0.441 bits per heavy atom. The highest BCUT2D eigenvalue weighted by molar-refractivity contribution is 6.17. The number of ether oxygens (including phenoxy) is 9. The van der Waals surface area contributed by atoms with Crippen LogP contribution in [0.2, 0.25) is 0 Å². The van der Waals surface area contributed by atoms with Crippen LogP contribution in [0, 0.1) is 5.92 Å². The first-order chi connectivity index (χ1) is 57.9. The van der Waals surface area contributed by atoms with Gasteiger partial charge in [0.2, 0.25) is 11.5 Å². The topological polar surface area (TPSA) is 215 Å². The number of ketones is 1. The van der Waals surface area contributed by atoms with Crippen molar-refractivity contribution >= 4 is 23.5 Å². The van der Waals surface area contributed by atoms with Crippen LogP contribution < -0.4 is 35.1 Å². The number of nitrogen functional groups attached to an aromatic ring is 1. The number of carboxylic acids is 1. The summed E-state index contributed by atoms with van der Waals surface area (Å²) in [4.78, 5) is 66.2. The molecule has 3 N–H and O–H groups in total. The van der Waals surface area contributed by atoms with Crippen LogP contribution in [0.25, 0.3) is 0 Å². The van der Waals surface area contributed by atoms with Crippen molar-refractivity contribution in [1.29, 1.82) is 0 Å². The molecule has 654 valence electrons. The smallest absolute Gasteiger partial charge is 0.357 e. The Bertz CT molecular complexity index is 3600. The molecule has 6 aromatic rings. The van der Waals surface area contributed by atoms with Crippen molar-refractivity contribution in [3.63, 3.8) is 0 Å². The zero-order chi connectivity index (χ0) is 83.9. The molecule has 0 aliphatic carbocycles. The van der Waals surface area contributed by atoms with E-state index in [2.05, 4.69) is 25.8 Å². The second kappa shape index (κ2) is 58.3. The first-order valence-electron chi connectivity index (χ1n) is 46.5. The van der Waals surface area contributed by atoms with E-state index in [0.717, 1.165) is 81.6 Å². The predicted octanol–water partition coefficient (Wildman–Crippen LogP) is 25.9.